The number of benzene rings is 1. The number of piperidine rings is 1. The highest BCUT2D eigenvalue weighted by atomic mass is 19.1. The molecule has 4 rings (SSSR count). The molecule has 0 saturated carbocycles. The summed E-state index contributed by atoms with van der Waals surface area (Å²) in [5, 5.41) is 0. The molecule has 1 aliphatic rings. The molecule has 3 heterocycles. The number of amides is 1. The van der Waals surface area contributed by atoms with Crippen LogP contribution in [-0.4, -0.2) is 38.8 Å². The first-order valence-corrected chi connectivity index (χ1v) is 9.45. The SMILES string of the molecule is O=C(c1cnccn1)N1CCC[C@H](c2cccc(Cc3ccccc3F)n2)C1. The summed E-state index contributed by atoms with van der Waals surface area (Å²) in [6.45, 7) is 1.31. The van der Waals surface area contributed by atoms with E-state index in [4.69, 9.17) is 4.98 Å². The molecular formula is C22H21FN4O. The standard InChI is InChI=1S/C22H21FN4O/c23-19-8-2-1-5-16(19)13-18-7-3-9-20(26-18)17-6-4-12-27(15-17)22(28)21-14-24-10-11-25-21/h1-3,5,7-11,14,17H,4,6,12-13,15H2/t17-/m0/s1. The van der Waals surface area contributed by atoms with E-state index in [9.17, 15) is 9.18 Å². The zero-order valence-corrected chi connectivity index (χ0v) is 15.5. The van der Waals surface area contributed by atoms with Crippen LogP contribution in [0.15, 0.2) is 61.1 Å². The molecule has 2 aromatic heterocycles. The quantitative estimate of drug-likeness (QED) is 0.698. The fraction of sp³-hybridized carbons (Fsp3) is 0.273. The summed E-state index contributed by atoms with van der Waals surface area (Å²) in [5.74, 6) is -0.150. The average molecular weight is 376 g/mol. The lowest BCUT2D eigenvalue weighted by atomic mass is 9.93. The maximum Gasteiger partial charge on any atom is 0.274 e. The summed E-state index contributed by atoms with van der Waals surface area (Å²) >= 11 is 0. The number of likely N-dealkylation sites (tertiary alicyclic amines) is 1. The lowest BCUT2D eigenvalue weighted by Crippen LogP contribution is -2.39. The summed E-state index contributed by atoms with van der Waals surface area (Å²) in [6, 6.07) is 12.6. The van der Waals surface area contributed by atoms with Crippen molar-refractivity contribution in [3.63, 3.8) is 0 Å². The minimum atomic E-state index is -0.215. The normalized spacial score (nSPS) is 16.8. The van der Waals surface area contributed by atoms with Gasteiger partial charge in [-0.05, 0) is 36.6 Å². The second-order valence-corrected chi connectivity index (χ2v) is 7.00. The van der Waals surface area contributed by atoms with Gasteiger partial charge in [0.2, 0.25) is 0 Å². The Bertz CT molecular complexity index is 964. The average Bonchev–Trinajstić information content (AvgIpc) is 2.76. The third-order valence-corrected chi connectivity index (χ3v) is 5.07. The van der Waals surface area contributed by atoms with Gasteiger partial charge >= 0.3 is 0 Å². The van der Waals surface area contributed by atoms with E-state index in [1.54, 1.807) is 18.3 Å². The number of rotatable bonds is 4. The second-order valence-electron chi connectivity index (χ2n) is 7.00. The topological polar surface area (TPSA) is 59.0 Å². The van der Waals surface area contributed by atoms with Gasteiger partial charge in [0.05, 0.1) is 6.20 Å². The van der Waals surface area contributed by atoms with Gasteiger partial charge in [0.15, 0.2) is 0 Å². The van der Waals surface area contributed by atoms with Crippen LogP contribution in [0.4, 0.5) is 4.39 Å². The predicted octanol–water partition coefficient (Wildman–Crippen LogP) is 3.62. The smallest absolute Gasteiger partial charge is 0.274 e. The number of carbonyl (C=O) groups is 1. The van der Waals surface area contributed by atoms with Gasteiger partial charge in [-0.3, -0.25) is 14.8 Å². The van der Waals surface area contributed by atoms with E-state index in [2.05, 4.69) is 9.97 Å². The molecule has 1 aliphatic heterocycles. The van der Waals surface area contributed by atoms with Crippen LogP contribution in [0, 0.1) is 5.82 Å². The van der Waals surface area contributed by atoms with Crippen molar-refractivity contribution < 1.29 is 9.18 Å². The third kappa shape index (κ3) is 4.06. The van der Waals surface area contributed by atoms with Crippen LogP contribution in [0.5, 0.6) is 0 Å². The van der Waals surface area contributed by atoms with Crippen molar-refractivity contribution in [2.45, 2.75) is 25.2 Å². The van der Waals surface area contributed by atoms with Gasteiger partial charge in [-0.1, -0.05) is 24.3 Å². The predicted molar refractivity (Wildman–Crippen MR) is 103 cm³/mol. The first-order valence-electron chi connectivity index (χ1n) is 9.45. The van der Waals surface area contributed by atoms with Crippen LogP contribution in [0.1, 0.15) is 46.2 Å². The Morgan fingerprint density at radius 3 is 2.86 bits per heavy atom. The third-order valence-electron chi connectivity index (χ3n) is 5.07. The van der Waals surface area contributed by atoms with Gasteiger partial charge in [-0.15, -0.1) is 0 Å². The van der Waals surface area contributed by atoms with E-state index in [1.807, 2.05) is 29.2 Å². The van der Waals surface area contributed by atoms with Gasteiger partial charge in [0.25, 0.3) is 5.91 Å². The molecule has 0 spiro atoms. The summed E-state index contributed by atoms with van der Waals surface area (Å²) in [4.78, 5) is 27.4. The summed E-state index contributed by atoms with van der Waals surface area (Å²) in [6.07, 6.45) is 6.92. The lowest BCUT2D eigenvalue weighted by molar-refractivity contribution is 0.0699. The number of carbonyl (C=O) groups excluding carboxylic acids is 1. The molecule has 1 saturated heterocycles. The number of hydrogen-bond donors (Lipinski definition) is 0. The van der Waals surface area contributed by atoms with Crippen molar-refractivity contribution in [1.29, 1.82) is 0 Å². The fourth-order valence-corrected chi connectivity index (χ4v) is 3.64. The van der Waals surface area contributed by atoms with E-state index in [0.29, 0.717) is 30.8 Å². The van der Waals surface area contributed by atoms with Crippen LogP contribution >= 0.6 is 0 Å². The van der Waals surface area contributed by atoms with Gasteiger partial charge < -0.3 is 4.90 Å². The molecule has 28 heavy (non-hydrogen) atoms. The zero-order valence-electron chi connectivity index (χ0n) is 15.5. The van der Waals surface area contributed by atoms with Crippen molar-refractivity contribution in [2.24, 2.45) is 0 Å². The number of hydrogen-bond acceptors (Lipinski definition) is 4. The molecule has 1 amide bonds. The molecular weight excluding hydrogens is 355 g/mol. The van der Waals surface area contributed by atoms with Crippen molar-refractivity contribution in [3.8, 4) is 0 Å². The van der Waals surface area contributed by atoms with Gasteiger partial charge in [-0.25, -0.2) is 9.37 Å². The van der Waals surface area contributed by atoms with Gasteiger partial charge in [0.1, 0.15) is 11.5 Å². The van der Waals surface area contributed by atoms with Crippen LogP contribution in [-0.2, 0) is 6.42 Å². The summed E-state index contributed by atoms with van der Waals surface area (Å²) in [7, 11) is 0. The minimum absolute atomic E-state index is 0.0969. The van der Waals surface area contributed by atoms with Crippen LogP contribution in [0.3, 0.4) is 0 Å². The molecule has 1 aromatic carbocycles. The summed E-state index contributed by atoms with van der Waals surface area (Å²) in [5.41, 5.74) is 2.78. The maximum absolute atomic E-state index is 13.9. The Kier molecular flexibility index (Phi) is 5.37. The summed E-state index contributed by atoms with van der Waals surface area (Å²) < 4.78 is 13.9. The zero-order chi connectivity index (χ0) is 19.3. The first kappa shape index (κ1) is 18.2. The molecule has 0 aliphatic carbocycles. The van der Waals surface area contributed by atoms with Crippen molar-refractivity contribution >= 4 is 5.91 Å². The lowest BCUT2D eigenvalue weighted by Gasteiger charge is -2.32. The van der Waals surface area contributed by atoms with E-state index in [1.165, 1.54) is 18.5 Å². The Labute approximate surface area is 163 Å². The molecule has 1 atom stereocenters. The molecule has 3 aromatic rings. The molecule has 0 radical (unpaired) electrons. The van der Waals surface area contributed by atoms with Crippen LogP contribution in [0.2, 0.25) is 0 Å². The highest BCUT2D eigenvalue weighted by Crippen LogP contribution is 2.27. The number of halogens is 1. The largest absolute Gasteiger partial charge is 0.337 e. The monoisotopic (exact) mass is 376 g/mol. The molecule has 6 heteroatoms. The first-order chi connectivity index (χ1) is 13.7. The van der Waals surface area contributed by atoms with E-state index >= 15 is 0 Å². The number of aromatic nitrogens is 3. The Balaban J connectivity index is 1.49. The minimum Gasteiger partial charge on any atom is -0.337 e. The molecule has 0 N–H and O–H groups in total. The van der Waals surface area contributed by atoms with Crippen molar-refractivity contribution in [1.82, 2.24) is 19.9 Å². The van der Waals surface area contributed by atoms with Crippen LogP contribution in [0.25, 0.3) is 0 Å². The number of pyridine rings is 1. The second kappa shape index (κ2) is 8.25. The Morgan fingerprint density at radius 1 is 1.14 bits per heavy atom. The number of nitrogens with zero attached hydrogens (tertiary/aromatic N) is 4. The highest BCUT2D eigenvalue weighted by Gasteiger charge is 2.27. The molecule has 0 bridgehead atoms. The Hall–Kier alpha value is -3.15. The maximum atomic E-state index is 13.9. The van der Waals surface area contributed by atoms with E-state index in [0.717, 1.165) is 24.2 Å². The van der Waals surface area contributed by atoms with Gasteiger partial charge in [0, 0.05) is 49.2 Å². The van der Waals surface area contributed by atoms with E-state index in [-0.39, 0.29) is 17.6 Å². The van der Waals surface area contributed by atoms with Crippen molar-refractivity contribution in [2.75, 3.05) is 13.1 Å². The molecule has 142 valence electrons. The Morgan fingerprint density at radius 2 is 2.04 bits per heavy atom. The van der Waals surface area contributed by atoms with Crippen LogP contribution < -0.4 is 0 Å². The molecule has 0 unspecified atom stereocenters. The van der Waals surface area contributed by atoms with Gasteiger partial charge in [-0.2, -0.15) is 0 Å². The molecule has 1 fully saturated rings. The van der Waals surface area contributed by atoms with Crippen molar-refractivity contribution in [3.05, 3.63) is 89.5 Å². The fourth-order valence-electron chi connectivity index (χ4n) is 3.64. The van der Waals surface area contributed by atoms with E-state index < -0.39 is 0 Å². The molecule has 5 nitrogen and oxygen atoms in total. The highest BCUT2D eigenvalue weighted by molar-refractivity contribution is 5.92.